The van der Waals surface area contributed by atoms with Crippen molar-refractivity contribution in [3.8, 4) is 0 Å². The number of allylic oxidation sites excluding steroid dienone is 1. The van der Waals surface area contributed by atoms with Crippen LogP contribution in [0, 0.1) is 11.3 Å². The fourth-order valence-electron chi connectivity index (χ4n) is 4.08. The molecule has 0 heterocycles. The zero-order valence-electron chi connectivity index (χ0n) is 12.3. The second-order valence-corrected chi connectivity index (χ2v) is 7.09. The predicted octanol–water partition coefficient (Wildman–Crippen LogP) is 1.07. The summed E-state index contributed by atoms with van der Waals surface area (Å²) in [5.74, 6) is -1.26. The van der Waals surface area contributed by atoms with Crippen molar-refractivity contribution in [2.75, 3.05) is 0 Å². The van der Waals surface area contributed by atoms with E-state index in [4.69, 9.17) is 5.11 Å². The molecule has 5 heteroatoms. The molecule has 0 aliphatic heterocycles. The second-order valence-electron chi connectivity index (χ2n) is 7.09. The van der Waals surface area contributed by atoms with Crippen molar-refractivity contribution in [3.05, 3.63) is 11.6 Å². The number of fused-ring (bicyclic) bond motifs is 1. The van der Waals surface area contributed by atoms with E-state index in [2.05, 4.69) is 0 Å². The predicted molar refractivity (Wildman–Crippen MR) is 73.0 cm³/mol. The van der Waals surface area contributed by atoms with Gasteiger partial charge in [0.05, 0.1) is 11.7 Å². The van der Waals surface area contributed by atoms with E-state index in [-0.39, 0.29) is 5.92 Å². The molecule has 4 atom stereocenters. The Balaban J connectivity index is 2.40. The maximum absolute atomic E-state index is 11.1. The molecule has 0 bridgehead atoms. The van der Waals surface area contributed by atoms with Gasteiger partial charge in [0.25, 0.3) is 0 Å². The van der Waals surface area contributed by atoms with E-state index in [1.165, 1.54) is 13.8 Å². The number of carboxylic acid groups (broad SMARTS) is 1. The van der Waals surface area contributed by atoms with Gasteiger partial charge in [-0.05, 0) is 50.9 Å². The fraction of sp³-hybridized carbons (Fsp3) is 0.800. The highest BCUT2D eigenvalue weighted by molar-refractivity contribution is 5.86. The van der Waals surface area contributed by atoms with Gasteiger partial charge in [-0.1, -0.05) is 13.0 Å². The Bertz CT molecular complexity index is 450. The zero-order valence-corrected chi connectivity index (χ0v) is 12.3. The highest BCUT2D eigenvalue weighted by atomic mass is 16.4. The summed E-state index contributed by atoms with van der Waals surface area (Å²) in [5.41, 5.74) is -3.09. The third-order valence-corrected chi connectivity index (χ3v) is 5.31. The number of carbonyl (C=O) groups is 1. The summed E-state index contributed by atoms with van der Waals surface area (Å²) in [6, 6.07) is 0. The van der Waals surface area contributed by atoms with Gasteiger partial charge in [0.2, 0.25) is 0 Å². The Morgan fingerprint density at radius 2 is 2.05 bits per heavy atom. The first-order valence-electron chi connectivity index (χ1n) is 7.07. The molecule has 0 aromatic carbocycles. The van der Waals surface area contributed by atoms with E-state index >= 15 is 0 Å². The molecule has 1 fully saturated rings. The molecule has 0 unspecified atom stereocenters. The van der Waals surface area contributed by atoms with E-state index < -0.39 is 28.7 Å². The third-order valence-electron chi connectivity index (χ3n) is 5.31. The van der Waals surface area contributed by atoms with E-state index in [0.717, 1.165) is 0 Å². The quantitative estimate of drug-likeness (QED) is 0.608. The minimum absolute atomic E-state index is 0.335. The molecular weight excluding hydrogens is 260 g/mol. The van der Waals surface area contributed by atoms with Crippen molar-refractivity contribution >= 4 is 5.97 Å². The van der Waals surface area contributed by atoms with Crippen molar-refractivity contribution in [1.29, 1.82) is 0 Å². The minimum atomic E-state index is -1.61. The van der Waals surface area contributed by atoms with Crippen LogP contribution in [0.1, 0.15) is 46.5 Å². The highest BCUT2D eigenvalue weighted by Gasteiger charge is 2.64. The van der Waals surface area contributed by atoms with Gasteiger partial charge in [0, 0.05) is 5.57 Å². The highest BCUT2D eigenvalue weighted by Crippen LogP contribution is 2.58. The summed E-state index contributed by atoms with van der Waals surface area (Å²) in [7, 11) is 0. The first kappa shape index (κ1) is 15.5. The first-order chi connectivity index (χ1) is 9.02. The summed E-state index contributed by atoms with van der Waals surface area (Å²) in [6.45, 7) is 4.95. The molecule has 0 spiro atoms. The van der Waals surface area contributed by atoms with Crippen LogP contribution in [0.3, 0.4) is 0 Å². The summed E-state index contributed by atoms with van der Waals surface area (Å²) < 4.78 is 0. The van der Waals surface area contributed by atoms with E-state index in [1.807, 2.05) is 6.92 Å². The standard InChI is InChI=1S/C15H24O5/c1-13(2,19)15(20)10-5-4-9(12(17)18)6-7-14(10,3)8-11(15)16/h6,10-11,16,19-20H,4-5,7-8H2,1-3H3,(H,17,18)/t10-,11+,14+,15+/m0/s1. The first-order valence-corrected chi connectivity index (χ1v) is 7.07. The lowest BCUT2D eigenvalue weighted by atomic mass is 9.67. The van der Waals surface area contributed by atoms with Gasteiger partial charge in [-0.25, -0.2) is 4.79 Å². The van der Waals surface area contributed by atoms with E-state index in [1.54, 1.807) is 6.08 Å². The number of aliphatic hydroxyl groups excluding tert-OH is 1. The molecule has 0 saturated heterocycles. The van der Waals surface area contributed by atoms with Crippen LogP contribution in [0.15, 0.2) is 11.6 Å². The molecule has 2 aliphatic carbocycles. The van der Waals surface area contributed by atoms with Gasteiger partial charge < -0.3 is 20.4 Å². The van der Waals surface area contributed by atoms with Crippen LogP contribution in [-0.2, 0) is 4.79 Å². The molecule has 1 saturated carbocycles. The Morgan fingerprint density at radius 1 is 1.45 bits per heavy atom. The maximum atomic E-state index is 11.1. The number of rotatable bonds is 2. The van der Waals surface area contributed by atoms with Crippen LogP contribution in [0.2, 0.25) is 0 Å². The number of aliphatic hydroxyl groups is 3. The summed E-state index contributed by atoms with van der Waals surface area (Å²) >= 11 is 0. The molecule has 0 amide bonds. The van der Waals surface area contributed by atoms with Gasteiger partial charge in [-0.2, -0.15) is 0 Å². The molecule has 2 aliphatic rings. The normalized spacial score (nSPS) is 41.8. The lowest BCUT2D eigenvalue weighted by Crippen LogP contribution is -2.60. The van der Waals surface area contributed by atoms with Gasteiger partial charge in [-0.15, -0.1) is 0 Å². The van der Waals surface area contributed by atoms with Crippen molar-refractivity contribution < 1.29 is 25.2 Å². The van der Waals surface area contributed by atoms with Gasteiger partial charge >= 0.3 is 5.97 Å². The third kappa shape index (κ3) is 2.08. The van der Waals surface area contributed by atoms with Gasteiger partial charge in [0.15, 0.2) is 0 Å². The molecule has 4 N–H and O–H groups in total. The van der Waals surface area contributed by atoms with Crippen molar-refractivity contribution in [3.63, 3.8) is 0 Å². The Hall–Kier alpha value is -0.910. The van der Waals surface area contributed by atoms with Crippen LogP contribution >= 0.6 is 0 Å². The van der Waals surface area contributed by atoms with Crippen LogP contribution in [0.4, 0.5) is 0 Å². The number of hydrogen-bond acceptors (Lipinski definition) is 4. The van der Waals surface area contributed by atoms with Crippen LogP contribution in [0.5, 0.6) is 0 Å². The zero-order chi connectivity index (χ0) is 15.3. The molecule has 0 radical (unpaired) electrons. The molecule has 20 heavy (non-hydrogen) atoms. The van der Waals surface area contributed by atoms with Crippen molar-refractivity contribution in [2.24, 2.45) is 11.3 Å². The van der Waals surface area contributed by atoms with Crippen LogP contribution in [0.25, 0.3) is 0 Å². The van der Waals surface area contributed by atoms with Crippen LogP contribution in [-0.4, -0.2) is 43.7 Å². The monoisotopic (exact) mass is 284 g/mol. The lowest BCUT2D eigenvalue weighted by Gasteiger charge is -2.45. The topological polar surface area (TPSA) is 98.0 Å². The van der Waals surface area contributed by atoms with Crippen LogP contribution < -0.4 is 0 Å². The molecule has 5 nitrogen and oxygen atoms in total. The molecule has 2 rings (SSSR count). The summed E-state index contributed by atoms with van der Waals surface area (Å²) in [5, 5.41) is 40.7. The average molecular weight is 284 g/mol. The second kappa shape index (κ2) is 4.55. The lowest BCUT2D eigenvalue weighted by molar-refractivity contribution is -0.200. The SMILES string of the molecule is CC(C)(O)[C@]1(O)[C@H](O)C[C@@]2(C)CC=C(C(=O)O)CC[C@@H]21. The molecule has 114 valence electrons. The largest absolute Gasteiger partial charge is 0.478 e. The maximum Gasteiger partial charge on any atom is 0.331 e. The Labute approximate surface area is 118 Å². The Kier molecular flexibility index (Phi) is 3.52. The van der Waals surface area contributed by atoms with Gasteiger partial charge in [0.1, 0.15) is 5.60 Å². The fourth-order valence-corrected chi connectivity index (χ4v) is 4.08. The minimum Gasteiger partial charge on any atom is -0.478 e. The number of aliphatic carboxylic acids is 1. The van der Waals surface area contributed by atoms with E-state index in [0.29, 0.717) is 31.3 Å². The smallest absolute Gasteiger partial charge is 0.331 e. The number of carboxylic acids is 1. The van der Waals surface area contributed by atoms with Crippen molar-refractivity contribution in [2.45, 2.75) is 63.8 Å². The summed E-state index contributed by atoms with van der Waals surface area (Å²) in [6.07, 6.45) is 2.35. The molecular formula is C15H24O5. The summed E-state index contributed by atoms with van der Waals surface area (Å²) in [4.78, 5) is 11.1. The van der Waals surface area contributed by atoms with E-state index in [9.17, 15) is 20.1 Å². The Morgan fingerprint density at radius 3 is 2.55 bits per heavy atom. The molecule has 0 aromatic rings. The van der Waals surface area contributed by atoms with Gasteiger partial charge in [-0.3, -0.25) is 0 Å². The van der Waals surface area contributed by atoms with Crippen molar-refractivity contribution in [1.82, 2.24) is 0 Å². The number of hydrogen-bond donors (Lipinski definition) is 4. The molecule has 0 aromatic heterocycles. The average Bonchev–Trinajstić information content (AvgIpc) is 2.44.